The summed E-state index contributed by atoms with van der Waals surface area (Å²) >= 11 is 1.59. The van der Waals surface area contributed by atoms with E-state index < -0.39 is 0 Å². The minimum Gasteiger partial charge on any atom is -0.482 e. The first-order valence-electron chi connectivity index (χ1n) is 9.59. The minimum absolute atomic E-state index is 0.0366. The van der Waals surface area contributed by atoms with E-state index in [9.17, 15) is 14.4 Å². The number of carbonyl (C=O) groups excluding carboxylic acids is 2. The second kappa shape index (κ2) is 6.81. The van der Waals surface area contributed by atoms with Crippen LogP contribution in [0.25, 0.3) is 10.2 Å². The Balaban J connectivity index is 1.47. The van der Waals surface area contributed by atoms with Crippen molar-refractivity contribution in [2.24, 2.45) is 5.92 Å². The largest absolute Gasteiger partial charge is 0.482 e. The minimum atomic E-state index is -0.260. The number of ether oxygens (including phenoxy) is 1. The van der Waals surface area contributed by atoms with Crippen LogP contribution in [0, 0.1) is 5.92 Å². The number of carbonyl (C=O) groups is 2. The number of Topliss-reactive ketones (excluding diaryl/α,β-unsaturated/α-hetero) is 1. The Bertz CT molecular complexity index is 1230. The molecule has 2 aliphatic rings. The van der Waals surface area contributed by atoms with Crippen LogP contribution in [0.2, 0.25) is 0 Å². The molecule has 1 aliphatic heterocycles. The summed E-state index contributed by atoms with van der Waals surface area (Å²) in [5, 5.41) is 3.36. The Hall–Kier alpha value is -3.00. The first kappa shape index (κ1) is 18.1. The van der Waals surface area contributed by atoms with Gasteiger partial charge in [-0.1, -0.05) is 6.92 Å². The SMILES string of the molecule is CC1CCc2c(sc3ncn(CC(=O)c4ccc5c(c4)NC(=O)CO5)c(=O)c23)C1. The van der Waals surface area contributed by atoms with Crippen LogP contribution in [0.5, 0.6) is 5.75 Å². The second-order valence-electron chi connectivity index (χ2n) is 7.68. The van der Waals surface area contributed by atoms with Crippen LogP contribution in [0.15, 0.2) is 29.3 Å². The van der Waals surface area contributed by atoms with Crippen LogP contribution < -0.4 is 15.6 Å². The highest BCUT2D eigenvalue weighted by Crippen LogP contribution is 2.35. The highest BCUT2D eigenvalue weighted by molar-refractivity contribution is 7.18. The smallest absolute Gasteiger partial charge is 0.262 e. The fourth-order valence-electron chi connectivity index (χ4n) is 3.98. The molecular formula is C21H19N3O4S. The number of aromatic nitrogens is 2. The van der Waals surface area contributed by atoms with Crippen LogP contribution >= 0.6 is 11.3 Å². The maximum atomic E-state index is 13.1. The summed E-state index contributed by atoms with van der Waals surface area (Å²) in [6.45, 7) is 2.09. The van der Waals surface area contributed by atoms with Gasteiger partial charge in [-0.15, -0.1) is 11.3 Å². The quantitative estimate of drug-likeness (QED) is 0.672. The Labute approximate surface area is 170 Å². The zero-order valence-corrected chi connectivity index (χ0v) is 16.7. The van der Waals surface area contributed by atoms with Crippen molar-refractivity contribution in [2.45, 2.75) is 32.7 Å². The van der Waals surface area contributed by atoms with E-state index in [4.69, 9.17) is 4.74 Å². The molecule has 5 rings (SSSR count). The summed E-state index contributed by atoms with van der Waals surface area (Å²) in [4.78, 5) is 43.8. The van der Waals surface area contributed by atoms with Crippen molar-refractivity contribution in [1.82, 2.24) is 9.55 Å². The van der Waals surface area contributed by atoms with Crippen molar-refractivity contribution in [3.05, 3.63) is 50.9 Å². The van der Waals surface area contributed by atoms with E-state index in [1.54, 1.807) is 29.5 Å². The molecule has 0 saturated carbocycles. The van der Waals surface area contributed by atoms with Gasteiger partial charge in [-0.2, -0.15) is 0 Å². The molecule has 1 aliphatic carbocycles. The summed E-state index contributed by atoms with van der Waals surface area (Å²) in [6.07, 6.45) is 4.39. The molecule has 0 bridgehead atoms. The van der Waals surface area contributed by atoms with Crippen LogP contribution in [0.4, 0.5) is 5.69 Å². The van der Waals surface area contributed by atoms with E-state index in [0.717, 1.165) is 29.7 Å². The number of ketones is 1. The lowest BCUT2D eigenvalue weighted by molar-refractivity contribution is -0.118. The van der Waals surface area contributed by atoms with Gasteiger partial charge >= 0.3 is 0 Å². The molecule has 1 N–H and O–H groups in total. The van der Waals surface area contributed by atoms with Gasteiger partial charge in [0.15, 0.2) is 12.4 Å². The highest BCUT2D eigenvalue weighted by Gasteiger charge is 2.24. The number of amides is 1. The first-order valence-corrected chi connectivity index (χ1v) is 10.4. The van der Waals surface area contributed by atoms with Gasteiger partial charge in [-0.05, 0) is 48.9 Å². The van der Waals surface area contributed by atoms with Gasteiger partial charge in [0, 0.05) is 10.4 Å². The van der Waals surface area contributed by atoms with Crippen molar-refractivity contribution < 1.29 is 14.3 Å². The number of nitrogens with zero attached hydrogens (tertiary/aromatic N) is 2. The van der Waals surface area contributed by atoms with Crippen LogP contribution in [-0.4, -0.2) is 27.8 Å². The highest BCUT2D eigenvalue weighted by atomic mass is 32.1. The van der Waals surface area contributed by atoms with Crippen LogP contribution in [0.3, 0.4) is 0 Å². The Morgan fingerprint density at radius 3 is 3.10 bits per heavy atom. The number of benzene rings is 1. The molecule has 7 nitrogen and oxygen atoms in total. The summed E-state index contributed by atoms with van der Waals surface area (Å²) in [5.41, 5.74) is 1.82. The number of nitrogens with one attached hydrogen (secondary N) is 1. The lowest BCUT2D eigenvalue weighted by Crippen LogP contribution is -2.27. The Morgan fingerprint density at radius 2 is 2.24 bits per heavy atom. The zero-order chi connectivity index (χ0) is 20.1. The van der Waals surface area contributed by atoms with Gasteiger partial charge < -0.3 is 10.1 Å². The Kier molecular flexibility index (Phi) is 4.24. The van der Waals surface area contributed by atoms with Gasteiger partial charge in [0.05, 0.1) is 23.9 Å². The van der Waals surface area contributed by atoms with Crippen molar-refractivity contribution >= 4 is 38.9 Å². The van der Waals surface area contributed by atoms with Crippen LogP contribution in [0.1, 0.15) is 34.1 Å². The lowest BCUT2D eigenvalue weighted by atomic mass is 9.89. The average molecular weight is 409 g/mol. The maximum Gasteiger partial charge on any atom is 0.262 e. The molecule has 0 spiro atoms. The summed E-state index contributed by atoms with van der Waals surface area (Å²) in [7, 11) is 0. The number of anilines is 1. The van der Waals surface area contributed by atoms with E-state index in [1.165, 1.54) is 15.8 Å². The lowest BCUT2D eigenvalue weighted by Gasteiger charge is -2.18. The van der Waals surface area contributed by atoms with E-state index in [2.05, 4.69) is 17.2 Å². The standard InChI is InChI=1S/C21H19N3O4S/c1-11-2-4-13-17(6-11)29-20-19(13)21(27)24(10-22-20)8-15(25)12-3-5-16-14(7-12)23-18(26)9-28-16/h3,5,7,10-11H,2,4,6,8-9H2,1H3,(H,23,26). The molecule has 0 saturated heterocycles. The van der Waals surface area contributed by atoms with E-state index in [-0.39, 0.29) is 30.4 Å². The molecule has 1 unspecified atom stereocenters. The second-order valence-corrected chi connectivity index (χ2v) is 8.76. The number of hydrogen-bond donors (Lipinski definition) is 1. The molecule has 3 aromatic rings. The summed E-state index contributed by atoms with van der Waals surface area (Å²) in [6, 6.07) is 4.88. The monoisotopic (exact) mass is 409 g/mol. The number of rotatable bonds is 3. The molecule has 0 fully saturated rings. The third-order valence-corrected chi connectivity index (χ3v) is 6.69. The molecule has 3 heterocycles. The van der Waals surface area contributed by atoms with Gasteiger partial charge in [-0.25, -0.2) is 4.98 Å². The first-order chi connectivity index (χ1) is 14.0. The molecule has 1 aromatic carbocycles. The predicted molar refractivity (Wildman–Crippen MR) is 110 cm³/mol. The molecule has 2 aromatic heterocycles. The normalized spacial score (nSPS) is 18.0. The van der Waals surface area contributed by atoms with E-state index in [1.807, 2.05) is 0 Å². The van der Waals surface area contributed by atoms with Crippen molar-refractivity contribution in [2.75, 3.05) is 11.9 Å². The third-order valence-electron chi connectivity index (χ3n) is 5.53. The fourth-order valence-corrected chi connectivity index (χ4v) is 5.32. The third kappa shape index (κ3) is 3.13. The van der Waals surface area contributed by atoms with Crippen molar-refractivity contribution in [1.29, 1.82) is 0 Å². The fraction of sp³-hybridized carbons (Fsp3) is 0.333. The maximum absolute atomic E-state index is 13.1. The predicted octanol–water partition coefficient (Wildman–Crippen LogP) is 2.80. The Morgan fingerprint density at radius 1 is 1.38 bits per heavy atom. The topological polar surface area (TPSA) is 90.3 Å². The van der Waals surface area contributed by atoms with E-state index in [0.29, 0.717) is 28.3 Å². The number of fused-ring (bicyclic) bond motifs is 4. The van der Waals surface area contributed by atoms with E-state index >= 15 is 0 Å². The molecule has 29 heavy (non-hydrogen) atoms. The zero-order valence-electron chi connectivity index (χ0n) is 15.9. The summed E-state index contributed by atoms with van der Waals surface area (Å²) in [5.74, 6) is 0.659. The van der Waals surface area contributed by atoms with Crippen molar-refractivity contribution in [3.63, 3.8) is 0 Å². The van der Waals surface area contributed by atoms with Gasteiger partial charge in [0.1, 0.15) is 10.6 Å². The molecular weight excluding hydrogens is 390 g/mol. The van der Waals surface area contributed by atoms with Crippen molar-refractivity contribution in [3.8, 4) is 5.75 Å². The summed E-state index contributed by atoms with van der Waals surface area (Å²) < 4.78 is 6.70. The molecule has 1 amide bonds. The van der Waals surface area contributed by atoms with Gasteiger partial charge in [0.2, 0.25) is 0 Å². The molecule has 8 heteroatoms. The molecule has 148 valence electrons. The van der Waals surface area contributed by atoms with Gasteiger partial charge in [0.25, 0.3) is 11.5 Å². The van der Waals surface area contributed by atoms with Gasteiger partial charge in [-0.3, -0.25) is 19.0 Å². The number of thiophene rings is 1. The van der Waals surface area contributed by atoms with Crippen LogP contribution in [-0.2, 0) is 24.2 Å². The molecule has 1 atom stereocenters. The average Bonchev–Trinajstić information content (AvgIpc) is 3.07. The number of aryl methyl sites for hydroxylation is 1. The number of hydrogen-bond acceptors (Lipinski definition) is 6. The molecule has 0 radical (unpaired) electrons.